The van der Waals surface area contributed by atoms with Crippen LogP contribution in [0.4, 0.5) is 0 Å². The number of carbonyl (C=O) groups excluding carboxylic acids is 1. The molecule has 0 unspecified atom stereocenters. The molecule has 1 fully saturated rings. The van der Waals surface area contributed by atoms with Gasteiger partial charge in [0, 0.05) is 5.02 Å². The molecule has 1 heterocycles. The highest BCUT2D eigenvalue weighted by Gasteiger charge is 2.33. The van der Waals surface area contributed by atoms with E-state index in [-0.39, 0.29) is 5.91 Å². The monoisotopic (exact) mass is 554 g/mol. The van der Waals surface area contributed by atoms with Crippen molar-refractivity contribution in [3.63, 3.8) is 0 Å². The van der Waals surface area contributed by atoms with E-state index in [0.717, 1.165) is 22.3 Å². The fourth-order valence-corrected chi connectivity index (χ4v) is 5.29. The average Bonchev–Trinajstić information content (AvgIpc) is 3.25. The Labute approximate surface area is 237 Å². The van der Waals surface area contributed by atoms with Crippen LogP contribution in [-0.2, 0) is 24.5 Å². The Hall–Kier alpha value is -4.00. The van der Waals surface area contributed by atoms with Crippen LogP contribution in [0.3, 0.4) is 0 Å². The number of hydrogen-bond acceptors (Lipinski definition) is 5. The normalized spacial score (nSPS) is 15.2. The molecule has 0 N–H and O–H groups in total. The van der Waals surface area contributed by atoms with Gasteiger partial charge in [0.05, 0.1) is 25.1 Å². The minimum atomic E-state index is -0.0732. The zero-order valence-electron chi connectivity index (χ0n) is 21.4. The van der Waals surface area contributed by atoms with Crippen molar-refractivity contribution >= 4 is 40.5 Å². The molecule has 4 aromatic rings. The Morgan fingerprint density at radius 2 is 1.56 bits per heavy atom. The molecular weight excluding hydrogens is 528 g/mol. The molecule has 0 atom stereocenters. The van der Waals surface area contributed by atoms with Gasteiger partial charge in [-0.1, -0.05) is 90.5 Å². The van der Waals surface area contributed by atoms with Gasteiger partial charge in [0.25, 0.3) is 5.91 Å². The van der Waals surface area contributed by atoms with Crippen molar-refractivity contribution in [2.45, 2.75) is 19.7 Å². The molecule has 1 saturated heterocycles. The van der Waals surface area contributed by atoms with Gasteiger partial charge in [-0.2, -0.15) is 0 Å². The van der Waals surface area contributed by atoms with Gasteiger partial charge in [0.2, 0.25) is 0 Å². The van der Waals surface area contributed by atoms with E-state index in [1.54, 1.807) is 12.0 Å². The van der Waals surface area contributed by atoms with Gasteiger partial charge in [-0.05, 0) is 64.4 Å². The Morgan fingerprint density at radius 3 is 2.28 bits per heavy atom. The van der Waals surface area contributed by atoms with E-state index in [4.69, 9.17) is 26.1 Å². The lowest BCUT2D eigenvalue weighted by Gasteiger charge is -2.15. The summed E-state index contributed by atoms with van der Waals surface area (Å²) in [4.78, 5) is 20.7. The van der Waals surface area contributed by atoms with Crippen molar-refractivity contribution in [3.8, 4) is 11.5 Å². The highest BCUT2D eigenvalue weighted by atomic mass is 35.5. The van der Waals surface area contributed by atoms with Gasteiger partial charge in [-0.3, -0.25) is 14.7 Å². The second kappa shape index (κ2) is 12.7. The largest absolute Gasteiger partial charge is 0.493 e. The first kappa shape index (κ1) is 26.6. The van der Waals surface area contributed by atoms with Crippen LogP contribution in [0.2, 0.25) is 5.02 Å². The molecule has 0 aliphatic carbocycles. The third-order valence-electron chi connectivity index (χ3n) is 6.08. The Balaban J connectivity index is 1.37. The maximum Gasteiger partial charge on any atom is 0.267 e. The van der Waals surface area contributed by atoms with Crippen LogP contribution in [0.5, 0.6) is 11.5 Å². The summed E-state index contributed by atoms with van der Waals surface area (Å²) in [7, 11) is 1.60. The number of hydrogen-bond donors (Lipinski definition) is 0. The van der Waals surface area contributed by atoms with Crippen molar-refractivity contribution in [1.29, 1.82) is 0 Å². The third kappa shape index (κ3) is 6.91. The molecule has 0 aromatic heterocycles. The maximum atomic E-state index is 13.5. The average molecular weight is 555 g/mol. The van der Waals surface area contributed by atoms with E-state index < -0.39 is 0 Å². The molecule has 7 heteroatoms. The molecule has 0 spiro atoms. The van der Waals surface area contributed by atoms with Crippen molar-refractivity contribution in [2.24, 2.45) is 4.99 Å². The van der Waals surface area contributed by atoms with E-state index in [9.17, 15) is 4.79 Å². The topological polar surface area (TPSA) is 51.1 Å². The van der Waals surface area contributed by atoms with Gasteiger partial charge in [-0.15, -0.1) is 0 Å². The molecule has 1 aliphatic heterocycles. The smallest absolute Gasteiger partial charge is 0.267 e. The summed E-state index contributed by atoms with van der Waals surface area (Å²) < 4.78 is 11.6. The minimum absolute atomic E-state index is 0.0732. The van der Waals surface area contributed by atoms with E-state index in [1.165, 1.54) is 11.8 Å². The number of ether oxygens (including phenoxy) is 2. The molecule has 0 bridgehead atoms. The van der Waals surface area contributed by atoms with Crippen LogP contribution in [-0.4, -0.2) is 23.1 Å². The molecule has 1 aliphatic rings. The summed E-state index contributed by atoms with van der Waals surface area (Å²) in [6.45, 7) is 1.32. The molecule has 0 saturated carbocycles. The van der Waals surface area contributed by atoms with Gasteiger partial charge in [0.1, 0.15) is 6.61 Å². The zero-order chi connectivity index (χ0) is 27.0. The molecular formula is C32H27ClN2O3S. The first-order valence-electron chi connectivity index (χ1n) is 12.5. The summed E-state index contributed by atoms with van der Waals surface area (Å²) in [5.41, 5.74) is 3.93. The number of halogens is 1. The van der Waals surface area contributed by atoms with E-state index >= 15 is 0 Å². The van der Waals surface area contributed by atoms with Crippen molar-refractivity contribution in [2.75, 3.05) is 7.11 Å². The number of amides is 1. The van der Waals surface area contributed by atoms with Crippen molar-refractivity contribution in [1.82, 2.24) is 4.90 Å². The maximum absolute atomic E-state index is 13.5. The molecule has 5 nitrogen and oxygen atoms in total. The number of rotatable bonds is 9. The van der Waals surface area contributed by atoms with Crippen LogP contribution in [0.25, 0.3) is 6.08 Å². The summed E-state index contributed by atoms with van der Waals surface area (Å²) in [6, 6.07) is 33.2. The lowest BCUT2D eigenvalue weighted by molar-refractivity contribution is -0.122. The Kier molecular flexibility index (Phi) is 8.66. The number of thioether (sulfide) groups is 1. The fraction of sp³-hybridized carbons (Fsp3) is 0.125. The predicted octanol–water partition coefficient (Wildman–Crippen LogP) is 7.60. The number of carbonyl (C=O) groups is 1. The summed E-state index contributed by atoms with van der Waals surface area (Å²) in [6.07, 6.45) is 1.87. The predicted molar refractivity (Wildman–Crippen MR) is 159 cm³/mol. The van der Waals surface area contributed by atoms with E-state index in [0.29, 0.717) is 46.3 Å². The SMILES string of the molecule is COc1cc(/C=C2/SC(=NCc3ccccc3)N(Cc3ccccc3)C2=O)ccc1OCc1cccc(Cl)c1. The second-order valence-corrected chi connectivity index (χ2v) is 10.3. The van der Waals surface area contributed by atoms with Gasteiger partial charge >= 0.3 is 0 Å². The van der Waals surface area contributed by atoms with Crippen LogP contribution in [0.1, 0.15) is 22.3 Å². The molecule has 0 radical (unpaired) electrons. The highest BCUT2D eigenvalue weighted by molar-refractivity contribution is 8.18. The zero-order valence-corrected chi connectivity index (χ0v) is 23.0. The lowest BCUT2D eigenvalue weighted by atomic mass is 10.1. The quantitative estimate of drug-likeness (QED) is 0.200. The van der Waals surface area contributed by atoms with Gasteiger partial charge < -0.3 is 9.47 Å². The summed E-state index contributed by atoms with van der Waals surface area (Å²) >= 11 is 7.48. The fourth-order valence-electron chi connectivity index (χ4n) is 4.11. The van der Waals surface area contributed by atoms with Crippen LogP contribution < -0.4 is 9.47 Å². The lowest BCUT2D eigenvalue weighted by Crippen LogP contribution is -2.28. The summed E-state index contributed by atoms with van der Waals surface area (Å²) in [5, 5.41) is 1.35. The summed E-state index contributed by atoms with van der Waals surface area (Å²) in [5.74, 6) is 1.12. The molecule has 196 valence electrons. The van der Waals surface area contributed by atoms with E-state index in [2.05, 4.69) is 0 Å². The van der Waals surface area contributed by atoms with Gasteiger partial charge in [-0.25, -0.2) is 0 Å². The first-order chi connectivity index (χ1) is 19.1. The van der Waals surface area contributed by atoms with Crippen LogP contribution in [0, 0.1) is 0 Å². The number of benzene rings is 4. The van der Waals surface area contributed by atoms with E-state index in [1.807, 2.05) is 109 Å². The second-order valence-electron chi connectivity index (χ2n) is 8.90. The van der Waals surface area contributed by atoms with Crippen LogP contribution >= 0.6 is 23.4 Å². The number of aliphatic imine (C=N–C) groups is 1. The minimum Gasteiger partial charge on any atom is -0.493 e. The van der Waals surface area contributed by atoms with Crippen molar-refractivity contribution in [3.05, 3.63) is 135 Å². The first-order valence-corrected chi connectivity index (χ1v) is 13.7. The highest BCUT2D eigenvalue weighted by Crippen LogP contribution is 2.36. The Bertz CT molecular complexity index is 1510. The molecule has 5 rings (SSSR count). The molecule has 1 amide bonds. The number of nitrogens with zero attached hydrogens (tertiary/aromatic N) is 2. The van der Waals surface area contributed by atoms with Crippen molar-refractivity contribution < 1.29 is 14.3 Å². The molecule has 4 aromatic carbocycles. The Morgan fingerprint density at radius 1 is 0.846 bits per heavy atom. The van der Waals surface area contributed by atoms with Crippen LogP contribution in [0.15, 0.2) is 113 Å². The number of amidine groups is 1. The number of methoxy groups -OCH3 is 1. The van der Waals surface area contributed by atoms with Gasteiger partial charge in [0.15, 0.2) is 16.7 Å². The standard InChI is InChI=1S/C32H27ClN2O3S/c1-37-29-18-25(15-16-28(29)38-22-26-13-8-14-27(33)17-26)19-30-31(36)35(21-24-11-6-3-7-12-24)32(39-30)34-20-23-9-4-2-5-10-23/h2-19H,20-22H2,1H3/b30-19+,34-32?. The molecule has 39 heavy (non-hydrogen) atoms. The third-order valence-corrected chi connectivity index (χ3v) is 7.36.